The van der Waals surface area contributed by atoms with Gasteiger partial charge in [-0.05, 0) is 18.9 Å². The molecule has 7 heteroatoms. The number of amides is 1. The highest BCUT2D eigenvalue weighted by atomic mass is 19.3. The number of hydrogen-bond donors (Lipinski definition) is 1. The summed E-state index contributed by atoms with van der Waals surface area (Å²) in [7, 11) is 0. The second-order valence-electron chi connectivity index (χ2n) is 4.52. The van der Waals surface area contributed by atoms with Gasteiger partial charge in [-0.15, -0.1) is 0 Å². The Bertz CT molecular complexity index is 467. The minimum atomic E-state index is -2.59. The van der Waals surface area contributed by atoms with Gasteiger partial charge in [0.05, 0.1) is 6.61 Å². The number of pyridine rings is 1. The molecule has 0 aliphatic heterocycles. The SMILES string of the molecule is O=C(c1cccc(OCC(F)F)n1)N(CCO)C1CC1. The van der Waals surface area contributed by atoms with Crippen LogP contribution in [-0.4, -0.2) is 53.1 Å². The van der Waals surface area contributed by atoms with Gasteiger partial charge >= 0.3 is 0 Å². The molecule has 1 aliphatic carbocycles. The van der Waals surface area contributed by atoms with E-state index >= 15 is 0 Å². The smallest absolute Gasteiger partial charge is 0.272 e. The fraction of sp³-hybridized carbons (Fsp3) is 0.538. The summed E-state index contributed by atoms with van der Waals surface area (Å²) >= 11 is 0. The van der Waals surface area contributed by atoms with E-state index < -0.39 is 13.0 Å². The van der Waals surface area contributed by atoms with Crippen LogP contribution in [0, 0.1) is 0 Å². The number of alkyl halides is 2. The zero-order chi connectivity index (χ0) is 14.5. The molecule has 0 radical (unpaired) electrons. The van der Waals surface area contributed by atoms with E-state index in [1.165, 1.54) is 18.2 Å². The van der Waals surface area contributed by atoms with Gasteiger partial charge in [-0.25, -0.2) is 13.8 Å². The first-order chi connectivity index (χ1) is 9.61. The standard InChI is InChI=1S/C13H16F2N2O3/c14-11(15)8-20-12-3-1-2-10(16-12)13(19)17(6-7-18)9-4-5-9/h1-3,9,11,18H,4-8H2. The Labute approximate surface area is 115 Å². The molecule has 5 nitrogen and oxygen atoms in total. The summed E-state index contributed by atoms with van der Waals surface area (Å²) in [6, 6.07) is 4.60. The molecule has 1 fully saturated rings. The Kier molecular flexibility index (Phi) is 4.84. The van der Waals surface area contributed by atoms with E-state index in [0.717, 1.165) is 12.8 Å². The third-order valence-electron chi connectivity index (χ3n) is 2.89. The summed E-state index contributed by atoms with van der Waals surface area (Å²) in [6.07, 6.45) is -0.769. The Hall–Kier alpha value is -1.76. The van der Waals surface area contributed by atoms with Crippen molar-refractivity contribution >= 4 is 5.91 Å². The molecular formula is C13H16F2N2O3. The number of aromatic nitrogens is 1. The lowest BCUT2D eigenvalue weighted by Crippen LogP contribution is -2.36. The van der Waals surface area contributed by atoms with Crippen molar-refractivity contribution in [3.8, 4) is 5.88 Å². The Balaban J connectivity index is 2.06. The van der Waals surface area contributed by atoms with Crippen LogP contribution in [0.4, 0.5) is 8.78 Å². The average molecular weight is 286 g/mol. The lowest BCUT2D eigenvalue weighted by Gasteiger charge is -2.20. The maximum absolute atomic E-state index is 12.3. The molecule has 0 spiro atoms. The van der Waals surface area contributed by atoms with Gasteiger partial charge in [-0.3, -0.25) is 4.79 Å². The number of aliphatic hydroxyl groups excluding tert-OH is 1. The number of nitrogens with zero attached hydrogens (tertiary/aromatic N) is 2. The molecule has 1 aliphatic rings. The highest BCUT2D eigenvalue weighted by Gasteiger charge is 2.33. The second kappa shape index (κ2) is 6.60. The summed E-state index contributed by atoms with van der Waals surface area (Å²) in [6.45, 7) is -0.634. The number of carbonyl (C=O) groups is 1. The van der Waals surface area contributed by atoms with E-state index in [-0.39, 0.29) is 36.7 Å². The summed E-state index contributed by atoms with van der Waals surface area (Å²) < 4.78 is 28.9. The van der Waals surface area contributed by atoms with Crippen molar-refractivity contribution < 1.29 is 23.4 Å². The van der Waals surface area contributed by atoms with E-state index in [2.05, 4.69) is 4.98 Å². The van der Waals surface area contributed by atoms with Crippen LogP contribution in [0.2, 0.25) is 0 Å². The fourth-order valence-corrected chi connectivity index (χ4v) is 1.85. The fourth-order valence-electron chi connectivity index (χ4n) is 1.85. The molecule has 0 bridgehead atoms. The first-order valence-electron chi connectivity index (χ1n) is 6.41. The normalized spacial score (nSPS) is 14.4. The first-order valence-corrected chi connectivity index (χ1v) is 6.41. The number of hydrogen-bond acceptors (Lipinski definition) is 4. The molecule has 110 valence electrons. The second-order valence-corrected chi connectivity index (χ2v) is 4.52. The van der Waals surface area contributed by atoms with Crippen molar-refractivity contribution in [2.75, 3.05) is 19.8 Å². The van der Waals surface area contributed by atoms with Crippen molar-refractivity contribution in [2.45, 2.75) is 25.3 Å². The Morgan fingerprint density at radius 3 is 2.85 bits per heavy atom. The third kappa shape index (κ3) is 3.86. The summed E-state index contributed by atoms with van der Waals surface area (Å²) in [5.74, 6) is -0.319. The third-order valence-corrected chi connectivity index (χ3v) is 2.89. The zero-order valence-electron chi connectivity index (χ0n) is 10.8. The summed E-state index contributed by atoms with van der Waals surface area (Å²) in [5, 5.41) is 8.99. The Morgan fingerprint density at radius 1 is 1.50 bits per heavy atom. The van der Waals surface area contributed by atoms with Gasteiger partial charge in [0.2, 0.25) is 5.88 Å². The average Bonchev–Trinajstić information content (AvgIpc) is 3.26. The van der Waals surface area contributed by atoms with Crippen LogP contribution in [0.1, 0.15) is 23.3 Å². The largest absolute Gasteiger partial charge is 0.472 e. The minimum Gasteiger partial charge on any atom is -0.472 e. The van der Waals surface area contributed by atoms with Crippen molar-refractivity contribution in [1.82, 2.24) is 9.88 Å². The highest BCUT2D eigenvalue weighted by Crippen LogP contribution is 2.27. The predicted molar refractivity (Wildman–Crippen MR) is 66.9 cm³/mol. The summed E-state index contributed by atoms with van der Waals surface area (Å²) in [5.41, 5.74) is 0.136. The van der Waals surface area contributed by atoms with Crippen LogP contribution in [0.25, 0.3) is 0 Å². The van der Waals surface area contributed by atoms with E-state index in [0.29, 0.717) is 0 Å². The monoisotopic (exact) mass is 286 g/mol. The molecule has 1 saturated carbocycles. The molecule has 0 aromatic carbocycles. The topological polar surface area (TPSA) is 62.7 Å². The van der Waals surface area contributed by atoms with Crippen LogP contribution in [0.15, 0.2) is 18.2 Å². The summed E-state index contributed by atoms with van der Waals surface area (Å²) in [4.78, 5) is 17.7. The lowest BCUT2D eigenvalue weighted by atomic mass is 10.3. The van der Waals surface area contributed by atoms with Crippen LogP contribution in [0.5, 0.6) is 5.88 Å². The molecule has 0 atom stereocenters. The molecule has 1 aromatic heterocycles. The van der Waals surface area contributed by atoms with Gasteiger partial charge < -0.3 is 14.7 Å². The maximum Gasteiger partial charge on any atom is 0.272 e. The molecule has 1 amide bonds. The van der Waals surface area contributed by atoms with Crippen LogP contribution in [-0.2, 0) is 0 Å². The van der Waals surface area contributed by atoms with Crippen LogP contribution < -0.4 is 4.74 Å². The number of rotatable bonds is 7. The van der Waals surface area contributed by atoms with Crippen molar-refractivity contribution in [2.24, 2.45) is 0 Å². The van der Waals surface area contributed by atoms with Gasteiger partial charge in [-0.2, -0.15) is 0 Å². The van der Waals surface area contributed by atoms with E-state index in [9.17, 15) is 13.6 Å². The van der Waals surface area contributed by atoms with Crippen LogP contribution >= 0.6 is 0 Å². The van der Waals surface area contributed by atoms with Crippen molar-refractivity contribution in [3.63, 3.8) is 0 Å². The number of ether oxygens (including phenoxy) is 1. The zero-order valence-corrected chi connectivity index (χ0v) is 10.8. The molecule has 0 unspecified atom stereocenters. The number of halogens is 2. The van der Waals surface area contributed by atoms with Gasteiger partial charge in [-0.1, -0.05) is 6.07 Å². The molecule has 0 saturated heterocycles. The number of aliphatic hydroxyl groups is 1. The molecule has 1 N–H and O–H groups in total. The van der Waals surface area contributed by atoms with Crippen molar-refractivity contribution in [1.29, 1.82) is 0 Å². The van der Waals surface area contributed by atoms with Crippen molar-refractivity contribution in [3.05, 3.63) is 23.9 Å². The molecule has 20 heavy (non-hydrogen) atoms. The quantitative estimate of drug-likeness (QED) is 0.821. The molecule has 1 heterocycles. The van der Waals surface area contributed by atoms with E-state index in [4.69, 9.17) is 9.84 Å². The Morgan fingerprint density at radius 2 is 2.25 bits per heavy atom. The van der Waals surface area contributed by atoms with E-state index in [1.54, 1.807) is 4.90 Å². The molecular weight excluding hydrogens is 270 g/mol. The van der Waals surface area contributed by atoms with Gasteiger partial charge in [0.25, 0.3) is 12.3 Å². The first kappa shape index (κ1) is 14.6. The van der Waals surface area contributed by atoms with E-state index in [1.807, 2.05) is 0 Å². The molecule has 1 aromatic rings. The predicted octanol–water partition coefficient (Wildman–Crippen LogP) is 1.32. The van der Waals surface area contributed by atoms with Gasteiger partial charge in [0.15, 0.2) is 6.61 Å². The van der Waals surface area contributed by atoms with Gasteiger partial charge in [0, 0.05) is 18.7 Å². The maximum atomic E-state index is 12.3. The number of carbonyl (C=O) groups excluding carboxylic acids is 1. The highest BCUT2D eigenvalue weighted by molar-refractivity contribution is 5.92. The van der Waals surface area contributed by atoms with Crippen LogP contribution in [0.3, 0.4) is 0 Å². The minimum absolute atomic E-state index is 0.00380. The molecule has 2 rings (SSSR count). The van der Waals surface area contributed by atoms with Gasteiger partial charge in [0.1, 0.15) is 5.69 Å². The lowest BCUT2D eigenvalue weighted by molar-refractivity contribution is 0.0694.